The number of carboxylic acid groups (broad SMARTS) is 1. The molecule has 0 aliphatic carbocycles. The lowest BCUT2D eigenvalue weighted by molar-refractivity contribution is -0.254. The quantitative estimate of drug-likeness (QED) is 0.712. The molecule has 0 fully saturated rings. The van der Waals surface area contributed by atoms with E-state index in [1.807, 2.05) is 5.38 Å². The van der Waals surface area contributed by atoms with Crippen molar-refractivity contribution in [3.63, 3.8) is 0 Å². The third-order valence-electron chi connectivity index (χ3n) is 3.88. The van der Waals surface area contributed by atoms with Crippen LogP contribution in [0.4, 0.5) is 11.4 Å². The number of hydrogen-bond acceptors (Lipinski definition) is 5. The number of anilines is 2. The van der Waals surface area contributed by atoms with Crippen LogP contribution in [0, 0.1) is 6.92 Å². The Balaban J connectivity index is 1.76. The van der Waals surface area contributed by atoms with Crippen molar-refractivity contribution in [3.05, 3.63) is 81.5 Å². The number of carbonyl (C=O) groups excluding carboxylic acids is 3. The van der Waals surface area contributed by atoms with Gasteiger partial charge in [0.25, 0.3) is 11.8 Å². The molecule has 2 amide bonds. The van der Waals surface area contributed by atoms with Gasteiger partial charge in [-0.15, -0.1) is 11.3 Å². The van der Waals surface area contributed by atoms with Crippen molar-refractivity contribution in [1.82, 2.24) is 0 Å². The Labute approximate surface area is 159 Å². The van der Waals surface area contributed by atoms with E-state index in [-0.39, 0.29) is 17.2 Å². The number of carbonyl (C=O) groups is 3. The van der Waals surface area contributed by atoms with E-state index in [4.69, 9.17) is 0 Å². The summed E-state index contributed by atoms with van der Waals surface area (Å²) in [5.41, 5.74) is 1.72. The number of aryl methyl sites for hydroxylation is 1. The highest BCUT2D eigenvalue weighted by molar-refractivity contribution is 7.12. The smallest absolute Gasteiger partial charge is 0.265 e. The van der Waals surface area contributed by atoms with E-state index in [1.54, 1.807) is 49.4 Å². The molecular weight excluding hydrogens is 364 g/mol. The van der Waals surface area contributed by atoms with Crippen LogP contribution in [0.2, 0.25) is 0 Å². The molecule has 136 valence electrons. The van der Waals surface area contributed by atoms with Crippen molar-refractivity contribution < 1.29 is 19.5 Å². The van der Waals surface area contributed by atoms with Gasteiger partial charge in [-0.2, -0.15) is 0 Å². The van der Waals surface area contributed by atoms with Crippen LogP contribution in [0.25, 0.3) is 0 Å². The van der Waals surface area contributed by atoms with E-state index in [0.717, 1.165) is 0 Å². The number of aromatic carboxylic acids is 1. The fraction of sp³-hybridized carbons (Fsp3) is 0.0500. The summed E-state index contributed by atoms with van der Waals surface area (Å²) in [7, 11) is 0. The molecule has 3 aromatic rings. The topological polar surface area (TPSA) is 98.3 Å². The zero-order valence-corrected chi connectivity index (χ0v) is 15.1. The number of para-hydroxylation sites is 1. The standard InChI is InChI=1S/C20H16N2O4S/c1-12-11-13(8-9-15(12)21-19(24)17-7-4-10-27-17)18(23)22-16-6-3-2-5-14(16)20(25)26/h2-11H,1H3,(H,21,24)(H,22,23)(H,25,26)/p-1. The Hall–Kier alpha value is -3.45. The van der Waals surface area contributed by atoms with Crippen LogP contribution in [0.5, 0.6) is 0 Å². The van der Waals surface area contributed by atoms with E-state index >= 15 is 0 Å². The van der Waals surface area contributed by atoms with Crippen molar-refractivity contribution in [3.8, 4) is 0 Å². The van der Waals surface area contributed by atoms with Gasteiger partial charge in [-0.05, 0) is 48.2 Å². The first-order valence-corrected chi connectivity index (χ1v) is 8.91. The maximum Gasteiger partial charge on any atom is 0.265 e. The molecule has 0 saturated carbocycles. The normalized spacial score (nSPS) is 10.3. The van der Waals surface area contributed by atoms with Gasteiger partial charge in [0.2, 0.25) is 0 Å². The minimum atomic E-state index is -1.37. The average molecular weight is 379 g/mol. The predicted molar refractivity (Wildman–Crippen MR) is 102 cm³/mol. The van der Waals surface area contributed by atoms with E-state index in [0.29, 0.717) is 21.7 Å². The van der Waals surface area contributed by atoms with E-state index in [2.05, 4.69) is 10.6 Å². The third kappa shape index (κ3) is 4.21. The van der Waals surface area contributed by atoms with Crippen LogP contribution in [0.3, 0.4) is 0 Å². The summed E-state index contributed by atoms with van der Waals surface area (Å²) in [5.74, 6) is -2.04. The molecule has 7 heteroatoms. The van der Waals surface area contributed by atoms with E-state index < -0.39 is 11.9 Å². The fourth-order valence-electron chi connectivity index (χ4n) is 2.50. The number of hydrogen-bond donors (Lipinski definition) is 2. The largest absolute Gasteiger partial charge is 0.545 e. The summed E-state index contributed by atoms with van der Waals surface area (Å²) in [5, 5.41) is 18.3. The molecular formula is C20H15N2O4S-. The van der Waals surface area contributed by atoms with Gasteiger partial charge in [-0.3, -0.25) is 9.59 Å². The maximum atomic E-state index is 12.5. The lowest BCUT2D eigenvalue weighted by Gasteiger charge is -2.13. The van der Waals surface area contributed by atoms with Crippen molar-refractivity contribution in [2.75, 3.05) is 10.6 Å². The molecule has 0 aliphatic rings. The molecule has 3 rings (SSSR count). The first-order valence-electron chi connectivity index (χ1n) is 8.03. The molecule has 6 nitrogen and oxygen atoms in total. The van der Waals surface area contributed by atoms with Crippen LogP contribution < -0.4 is 15.7 Å². The van der Waals surface area contributed by atoms with Crippen molar-refractivity contribution in [2.24, 2.45) is 0 Å². The number of thiophene rings is 1. The number of nitrogens with one attached hydrogen (secondary N) is 2. The zero-order valence-electron chi connectivity index (χ0n) is 14.3. The molecule has 0 saturated heterocycles. The third-order valence-corrected chi connectivity index (χ3v) is 4.75. The van der Waals surface area contributed by atoms with E-state index in [1.165, 1.54) is 23.5 Å². The first kappa shape index (κ1) is 18.3. The second-order valence-corrected chi connectivity index (χ2v) is 6.70. The lowest BCUT2D eigenvalue weighted by Crippen LogP contribution is -2.24. The van der Waals surface area contributed by atoms with Crippen LogP contribution in [-0.2, 0) is 0 Å². The van der Waals surface area contributed by atoms with Gasteiger partial charge in [0, 0.05) is 16.8 Å². The highest BCUT2D eigenvalue weighted by atomic mass is 32.1. The van der Waals surface area contributed by atoms with Crippen LogP contribution >= 0.6 is 11.3 Å². The van der Waals surface area contributed by atoms with Crippen LogP contribution in [0.15, 0.2) is 60.0 Å². The fourth-order valence-corrected chi connectivity index (χ4v) is 3.12. The average Bonchev–Trinajstić information content (AvgIpc) is 3.18. The number of benzene rings is 2. The molecule has 0 radical (unpaired) electrons. The van der Waals surface area contributed by atoms with Crippen molar-refractivity contribution in [2.45, 2.75) is 6.92 Å². The molecule has 0 aliphatic heterocycles. The predicted octanol–water partition coefficient (Wildman–Crippen LogP) is 2.92. The maximum absolute atomic E-state index is 12.5. The number of carboxylic acids is 1. The SMILES string of the molecule is Cc1cc(C(=O)Nc2ccccc2C(=O)[O-])ccc1NC(=O)c1cccs1. The first-order chi connectivity index (χ1) is 13.0. The van der Waals surface area contributed by atoms with Crippen molar-refractivity contribution in [1.29, 1.82) is 0 Å². The zero-order chi connectivity index (χ0) is 19.4. The van der Waals surface area contributed by atoms with Gasteiger partial charge < -0.3 is 20.5 Å². The molecule has 0 bridgehead atoms. The Kier molecular flexibility index (Phi) is 5.33. The number of amides is 2. The summed E-state index contributed by atoms with van der Waals surface area (Å²) in [6.45, 7) is 1.77. The molecule has 2 aromatic carbocycles. The van der Waals surface area contributed by atoms with Crippen molar-refractivity contribution >= 4 is 40.5 Å². The molecule has 0 atom stereocenters. The molecule has 1 heterocycles. The monoisotopic (exact) mass is 379 g/mol. The Morgan fingerprint density at radius 1 is 0.889 bits per heavy atom. The van der Waals surface area contributed by atoms with Gasteiger partial charge in [0.15, 0.2) is 0 Å². The molecule has 0 unspecified atom stereocenters. The van der Waals surface area contributed by atoms with E-state index in [9.17, 15) is 19.5 Å². The second kappa shape index (κ2) is 7.84. The summed E-state index contributed by atoms with van der Waals surface area (Å²) in [6, 6.07) is 14.4. The second-order valence-electron chi connectivity index (χ2n) is 5.75. The summed E-state index contributed by atoms with van der Waals surface area (Å²) in [4.78, 5) is 36.3. The summed E-state index contributed by atoms with van der Waals surface area (Å²) < 4.78 is 0. The van der Waals surface area contributed by atoms with Gasteiger partial charge in [-0.25, -0.2) is 0 Å². The number of rotatable bonds is 5. The lowest BCUT2D eigenvalue weighted by atomic mass is 10.1. The van der Waals surface area contributed by atoms with Gasteiger partial charge in [-0.1, -0.05) is 24.3 Å². The molecule has 0 spiro atoms. The van der Waals surface area contributed by atoms with Gasteiger partial charge >= 0.3 is 0 Å². The van der Waals surface area contributed by atoms with Gasteiger partial charge in [0.05, 0.1) is 16.5 Å². The minimum absolute atomic E-state index is 0.0950. The Morgan fingerprint density at radius 3 is 2.30 bits per heavy atom. The minimum Gasteiger partial charge on any atom is -0.545 e. The Morgan fingerprint density at radius 2 is 1.63 bits per heavy atom. The highest BCUT2D eigenvalue weighted by Crippen LogP contribution is 2.21. The molecule has 1 aromatic heterocycles. The molecule has 27 heavy (non-hydrogen) atoms. The Bertz CT molecular complexity index is 1010. The summed E-state index contributed by atoms with van der Waals surface area (Å²) >= 11 is 1.34. The highest BCUT2D eigenvalue weighted by Gasteiger charge is 2.13. The molecule has 2 N–H and O–H groups in total. The summed E-state index contributed by atoms with van der Waals surface area (Å²) in [6.07, 6.45) is 0. The van der Waals surface area contributed by atoms with Gasteiger partial charge in [0.1, 0.15) is 0 Å². The van der Waals surface area contributed by atoms with Crippen LogP contribution in [-0.4, -0.2) is 17.8 Å². The van der Waals surface area contributed by atoms with Crippen LogP contribution in [0.1, 0.15) is 36.0 Å².